The second-order valence-corrected chi connectivity index (χ2v) is 8.48. The molecule has 1 aliphatic heterocycles. The number of amides is 2. The van der Waals surface area contributed by atoms with Crippen LogP contribution in [0.15, 0.2) is 35.1 Å². The van der Waals surface area contributed by atoms with Gasteiger partial charge in [-0.05, 0) is 45.2 Å². The number of hydrogen-bond acceptors (Lipinski definition) is 5. The normalized spacial score (nSPS) is 17.6. The number of nitrogens with zero attached hydrogens (tertiary/aromatic N) is 4. The van der Waals surface area contributed by atoms with Gasteiger partial charge in [0.1, 0.15) is 5.82 Å². The van der Waals surface area contributed by atoms with Gasteiger partial charge >= 0.3 is 0 Å². The van der Waals surface area contributed by atoms with Crippen LogP contribution < -0.4 is 15.8 Å². The van der Waals surface area contributed by atoms with Crippen molar-refractivity contribution in [3.8, 4) is 5.95 Å². The van der Waals surface area contributed by atoms with E-state index in [0.29, 0.717) is 18.1 Å². The highest BCUT2D eigenvalue weighted by atomic mass is 16.2. The van der Waals surface area contributed by atoms with Gasteiger partial charge in [0, 0.05) is 30.3 Å². The SMILES string of the molecule is Cc1ccc(N2C[C@@H](C(=O)Nc3cc(C)nn3-c3nc4c(c(=O)[nH]3)CCC4)CC2=O)cc1. The summed E-state index contributed by atoms with van der Waals surface area (Å²) >= 11 is 0. The molecule has 0 saturated carbocycles. The van der Waals surface area contributed by atoms with E-state index in [1.54, 1.807) is 17.9 Å². The van der Waals surface area contributed by atoms with E-state index in [2.05, 4.69) is 20.4 Å². The molecule has 5 rings (SSSR count). The van der Waals surface area contributed by atoms with Crippen molar-refractivity contribution in [2.24, 2.45) is 5.92 Å². The van der Waals surface area contributed by atoms with Crippen molar-refractivity contribution in [2.75, 3.05) is 16.8 Å². The summed E-state index contributed by atoms with van der Waals surface area (Å²) in [7, 11) is 0. The summed E-state index contributed by atoms with van der Waals surface area (Å²) in [6.07, 6.45) is 2.53. The number of nitrogens with one attached hydrogen (secondary N) is 2. The van der Waals surface area contributed by atoms with Crippen molar-refractivity contribution in [1.82, 2.24) is 19.7 Å². The molecule has 1 atom stereocenters. The molecular formula is C23H24N6O3. The van der Waals surface area contributed by atoms with E-state index in [1.807, 2.05) is 31.2 Å². The predicted octanol–water partition coefficient (Wildman–Crippen LogP) is 2.05. The van der Waals surface area contributed by atoms with E-state index in [-0.39, 0.29) is 29.7 Å². The third-order valence-corrected chi connectivity index (χ3v) is 6.05. The van der Waals surface area contributed by atoms with Crippen molar-refractivity contribution in [3.05, 3.63) is 63.2 Å². The average Bonchev–Trinajstić information content (AvgIpc) is 3.47. The minimum absolute atomic E-state index is 0.0803. The Morgan fingerprint density at radius 1 is 1.16 bits per heavy atom. The maximum Gasteiger partial charge on any atom is 0.255 e. The second kappa shape index (κ2) is 7.74. The quantitative estimate of drug-likeness (QED) is 0.655. The fourth-order valence-corrected chi connectivity index (χ4v) is 4.36. The molecule has 0 unspecified atom stereocenters. The number of carbonyl (C=O) groups excluding carboxylic acids is 2. The summed E-state index contributed by atoms with van der Waals surface area (Å²) in [4.78, 5) is 47.0. The highest BCUT2D eigenvalue weighted by Crippen LogP contribution is 2.27. The van der Waals surface area contributed by atoms with Crippen LogP contribution in [0, 0.1) is 19.8 Å². The molecule has 0 bridgehead atoms. The first-order valence-corrected chi connectivity index (χ1v) is 10.8. The molecule has 32 heavy (non-hydrogen) atoms. The van der Waals surface area contributed by atoms with Gasteiger partial charge in [-0.15, -0.1) is 0 Å². The molecular weight excluding hydrogens is 408 g/mol. The molecule has 2 aliphatic rings. The zero-order valence-electron chi connectivity index (χ0n) is 18.0. The van der Waals surface area contributed by atoms with Crippen LogP contribution in [0.1, 0.15) is 35.4 Å². The van der Waals surface area contributed by atoms with Gasteiger partial charge in [-0.3, -0.25) is 19.4 Å². The van der Waals surface area contributed by atoms with E-state index in [0.717, 1.165) is 41.8 Å². The van der Waals surface area contributed by atoms with Crippen molar-refractivity contribution in [3.63, 3.8) is 0 Å². The number of aromatic nitrogens is 4. The number of fused-ring (bicyclic) bond motifs is 1. The number of H-pyrrole nitrogens is 1. The van der Waals surface area contributed by atoms with Crippen molar-refractivity contribution >= 4 is 23.3 Å². The Kier molecular flexibility index (Phi) is 4.88. The maximum atomic E-state index is 13.0. The van der Waals surface area contributed by atoms with Crippen LogP contribution in [0.25, 0.3) is 5.95 Å². The van der Waals surface area contributed by atoms with Gasteiger partial charge in [0.15, 0.2) is 0 Å². The lowest BCUT2D eigenvalue weighted by Gasteiger charge is -2.17. The highest BCUT2D eigenvalue weighted by Gasteiger charge is 2.35. The number of benzene rings is 1. The molecule has 0 spiro atoms. The highest BCUT2D eigenvalue weighted by molar-refractivity contribution is 6.03. The molecule has 0 radical (unpaired) electrons. The molecule has 164 valence electrons. The number of hydrogen-bond donors (Lipinski definition) is 2. The molecule has 3 aromatic rings. The standard InChI is InChI=1S/C23H24N6O3/c1-13-6-8-16(9-7-13)28-12-15(11-20(28)30)21(31)25-19-10-14(2)27-29(19)23-24-18-5-3-4-17(18)22(32)26-23/h6-10,15H,3-5,11-12H2,1-2H3,(H,25,31)(H,24,26,32)/t15-/m0/s1. The number of carbonyl (C=O) groups is 2. The molecule has 2 N–H and O–H groups in total. The van der Waals surface area contributed by atoms with Gasteiger partial charge in [0.25, 0.3) is 5.56 Å². The first kappa shape index (κ1) is 20.2. The summed E-state index contributed by atoms with van der Waals surface area (Å²) in [6, 6.07) is 9.40. The number of aromatic amines is 1. The van der Waals surface area contributed by atoms with Crippen LogP contribution in [0.5, 0.6) is 0 Å². The molecule has 2 aromatic heterocycles. The van der Waals surface area contributed by atoms with Crippen molar-refractivity contribution in [2.45, 2.75) is 39.5 Å². The average molecular weight is 432 g/mol. The van der Waals surface area contributed by atoms with Gasteiger partial charge in [-0.2, -0.15) is 9.78 Å². The van der Waals surface area contributed by atoms with Crippen molar-refractivity contribution in [1.29, 1.82) is 0 Å². The van der Waals surface area contributed by atoms with E-state index < -0.39 is 5.92 Å². The predicted molar refractivity (Wildman–Crippen MR) is 119 cm³/mol. The van der Waals surface area contributed by atoms with E-state index in [4.69, 9.17) is 0 Å². The summed E-state index contributed by atoms with van der Waals surface area (Å²) in [5.41, 5.74) is 3.91. The second-order valence-electron chi connectivity index (χ2n) is 8.48. The largest absolute Gasteiger partial charge is 0.312 e. The first-order valence-electron chi connectivity index (χ1n) is 10.8. The number of aryl methyl sites for hydroxylation is 3. The Morgan fingerprint density at radius 3 is 2.72 bits per heavy atom. The molecule has 1 aliphatic carbocycles. The topological polar surface area (TPSA) is 113 Å². The van der Waals surface area contributed by atoms with Gasteiger partial charge in [0.2, 0.25) is 17.8 Å². The van der Waals surface area contributed by atoms with Gasteiger partial charge in [0.05, 0.1) is 17.3 Å². The fraction of sp³-hybridized carbons (Fsp3) is 0.348. The molecule has 1 fully saturated rings. The molecule has 1 aromatic carbocycles. The Hall–Kier alpha value is -3.75. The minimum Gasteiger partial charge on any atom is -0.312 e. The monoisotopic (exact) mass is 432 g/mol. The summed E-state index contributed by atoms with van der Waals surface area (Å²) in [5, 5.41) is 7.29. The van der Waals surface area contributed by atoms with Crippen LogP contribution in [0.4, 0.5) is 11.5 Å². The van der Waals surface area contributed by atoms with Crippen LogP contribution in [0.3, 0.4) is 0 Å². The first-order chi connectivity index (χ1) is 15.4. The molecule has 2 amide bonds. The summed E-state index contributed by atoms with van der Waals surface area (Å²) < 4.78 is 1.45. The third kappa shape index (κ3) is 3.59. The smallest absolute Gasteiger partial charge is 0.255 e. The Morgan fingerprint density at radius 2 is 1.94 bits per heavy atom. The van der Waals surface area contributed by atoms with E-state index >= 15 is 0 Å². The van der Waals surface area contributed by atoms with Gasteiger partial charge in [-0.1, -0.05) is 17.7 Å². The third-order valence-electron chi connectivity index (χ3n) is 6.05. The Bertz CT molecular complexity index is 1270. The van der Waals surface area contributed by atoms with Crippen LogP contribution in [-0.4, -0.2) is 38.1 Å². The minimum atomic E-state index is -0.487. The molecule has 1 saturated heterocycles. The fourth-order valence-electron chi connectivity index (χ4n) is 4.36. The molecule has 3 heterocycles. The van der Waals surface area contributed by atoms with Crippen LogP contribution in [0.2, 0.25) is 0 Å². The molecule has 9 heteroatoms. The van der Waals surface area contributed by atoms with Gasteiger partial charge < -0.3 is 10.2 Å². The van der Waals surface area contributed by atoms with Crippen LogP contribution in [-0.2, 0) is 22.4 Å². The van der Waals surface area contributed by atoms with E-state index in [1.165, 1.54) is 4.68 Å². The lowest BCUT2D eigenvalue weighted by atomic mass is 10.1. The summed E-state index contributed by atoms with van der Waals surface area (Å²) in [6.45, 7) is 4.10. The Labute approximate surface area is 184 Å². The number of anilines is 2. The summed E-state index contributed by atoms with van der Waals surface area (Å²) in [5.74, 6) is -0.141. The lowest BCUT2D eigenvalue weighted by molar-refractivity contribution is -0.122. The van der Waals surface area contributed by atoms with E-state index in [9.17, 15) is 14.4 Å². The van der Waals surface area contributed by atoms with Crippen LogP contribution >= 0.6 is 0 Å². The molecule has 9 nitrogen and oxygen atoms in total. The maximum absolute atomic E-state index is 13.0. The lowest BCUT2D eigenvalue weighted by Crippen LogP contribution is -2.29. The zero-order chi connectivity index (χ0) is 22.4. The van der Waals surface area contributed by atoms with Gasteiger partial charge in [-0.25, -0.2) is 4.98 Å². The Balaban J connectivity index is 1.37. The van der Waals surface area contributed by atoms with Crippen molar-refractivity contribution < 1.29 is 9.59 Å². The zero-order valence-corrected chi connectivity index (χ0v) is 18.0. The number of rotatable bonds is 4.